The van der Waals surface area contributed by atoms with Gasteiger partial charge in [0.2, 0.25) is 5.91 Å². The van der Waals surface area contributed by atoms with Crippen molar-refractivity contribution < 1.29 is 19.8 Å². The molecule has 5 nitrogen and oxygen atoms in total. The maximum absolute atomic E-state index is 12.4. The van der Waals surface area contributed by atoms with Crippen molar-refractivity contribution in [2.45, 2.75) is 45.1 Å². The Hall–Kier alpha value is -1.10. The predicted molar refractivity (Wildman–Crippen MR) is 69.5 cm³/mol. The van der Waals surface area contributed by atoms with Gasteiger partial charge in [0.05, 0.1) is 12.0 Å². The van der Waals surface area contributed by atoms with Gasteiger partial charge in [0.15, 0.2) is 0 Å². The highest BCUT2D eigenvalue weighted by Crippen LogP contribution is 2.31. The molecule has 4 unspecified atom stereocenters. The molecule has 1 aliphatic heterocycles. The van der Waals surface area contributed by atoms with Gasteiger partial charge in [-0.15, -0.1) is 0 Å². The Morgan fingerprint density at radius 1 is 1.16 bits per heavy atom. The summed E-state index contributed by atoms with van der Waals surface area (Å²) in [6.07, 6.45) is 3.09. The van der Waals surface area contributed by atoms with Gasteiger partial charge in [-0.3, -0.25) is 9.59 Å². The fraction of sp³-hybridized carbons (Fsp3) is 0.857. The second-order valence-electron chi connectivity index (χ2n) is 6.02. The van der Waals surface area contributed by atoms with Crippen LogP contribution >= 0.6 is 0 Å². The Morgan fingerprint density at radius 2 is 1.84 bits per heavy atom. The van der Waals surface area contributed by atoms with Gasteiger partial charge in [-0.2, -0.15) is 0 Å². The van der Waals surface area contributed by atoms with Gasteiger partial charge in [-0.25, -0.2) is 0 Å². The number of piperidine rings is 1. The van der Waals surface area contributed by atoms with Crippen LogP contribution in [0, 0.1) is 17.8 Å². The monoisotopic (exact) mass is 269 g/mol. The summed E-state index contributed by atoms with van der Waals surface area (Å²) in [5, 5.41) is 18.8. The molecule has 1 aliphatic carbocycles. The molecular weight excluding hydrogens is 246 g/mol. The average Bonchev–Trinajstić information content (AvgIpc) is 2.41. The standard InChI is InChI=1S/C14H23NO4/c1-9-8-15(6-5-12(9)16)13(17)10-3-2-4-11(7-10)14(18)19/h9-12,16H,2-8H2,1H3,(H,18,19). The number of carbonyl (C=O) groups excluding carboxylic acids is 1. The molecule has 2 aliphatic rings. The van der Waals surface area contributed by atoms with Crippen molar-refractivity contribution in [2.24, 2.45) is 17.8 Å². The largest absolute Gasteiger partial charge is 0.481 e. The number of carboxylic acids is 1. The molecule has 0 aromatic heterocycles. The minimum absolute atomic E-state index is 0.0877. The van der Waals surface area contributed by atoms with Gasteiger partial charge in [-0.1, -0.05) is 13.3 Å². The van der Waals surface area contributed by atoms with E-state index in [1.165, 1.54) is 0 Å². The van der Waals surface area contributed by atoms with E-state index in [1.807, 2.05) is 11.8 Å². The molecular formula is C14H23NO4. The lowest BCUT2D eigenvalue weighted by atomic mass is 9.80. The van der Waals surface area contributed by atoms with Crippen LogP contribution in [0.2, 0.25) is 0 Å². The Labute approximate surface area is 113 Å². The zero-order valence-corrected chi connectivity index (χ0v) is 11.4. The molecule has 0 radical (unpaired) electrons. The number of carboxylic acid groups (broad SMARTS) is 1. The molecule has 2 fully saturated rings. The number of rotatable bonds is 2. The van der Waals surface area contributed by atoms with Crippen LogP contribution in [-0.4, -0.2) is 46.2 Å². The van der Waals surface area contributed by atoms with Crippen LogP contribution in [0.15, 0.2) is 0 Å². The number of nitrogens with zero attached hydrogens (tertiary/aromatic N) is 1. The van der Waals surface area contributed by atoms with E-state index < -0.39 is 5.97 Å². The SMILES string of the molecule is CC1CN(C(=O)C2CCCC(C(=O)O)C2)CCC1O. The highest BCUT2D eigenvalue weighted by atomic mass is 16.4. The maximum atomic E-state index is 12.4. The molecule has 108 valence electrons. The zero-order valence-electron chi connectivity index (χ0n) is 11.4. The van der Waals surface area contributed by atoms with E-state index in [0.717, 1.165) is 12.8 Å². The quantitative estimate of drug-likeness (QED) is 0.787. The number of hydrogen-bond acceptors (Lipinski definition) is 3. The number of aliphatic hydroxyl groups is 1. The van der Waals surface area contributed by atoms with Crippen LogP contribution < -0.4 is 0 Å². The molecule has 0 bridgehead atoms. The van der Waals surface area contributed by atoms with E-state index in [0.29, 0.717) is 32.4 Å². The van der Waals surface area contributed by atoms with E-state index >= 15 is 0 Å². The van der Waals surface area contributed by atoms with Crippen molar-refractivity contribution in [2.75, 3.05) is 13.1 Å². The molecule has 4 atom stereocenters. The van der Waals surface area contributed by atoms with Crippen molar-refractivity contribution in [3.05, 3.63) is 0 Å². The predicted octanol–water partition coefficient (Wildman–Crippen LogP) is 1.11. The summed E-state index contributed by atoms with van der Waals surface area (Å²) >= 11 is 0. The van der Waals surface area contributed by atoms with Gasteiger partial charge >= 0.3 is 5.97 Å². The lowest BCUT2D eigenvalue weighted by Crippen LogP contribution is -2.48. The first-order valence-electron chi connectivity index (χ1n) is 7.18. The fourth-order valence-electron chi connectivity index (χ4n) is 3.23. The van der Waals surface area contributed by atoms with E-state index in [2.05, 4.69) is 0 Å². The van der Waals surface area contributed by atoms with Crippen LogP contribution in [0.3, 0.4) is 0 Å². The smallest absolute Gasteiger partial charge is 0.306 e. The van der Waals surface area contributed by atoms with Crippen LogP contribution in [0.4, 0.5) is 0 Å². The van der Waals surface area contributed by atoms with E-state index in [-0.39, 0.29) is 29.8 Å². The molecule has 5 heteroatoms. The molecule has 2 rings (SSSR count). The molecule has 1 heterocycles. The molecule has 1 amide bonds. The van der Waals surface area contributed by atoms with Gasteiger partial charge in [-0.05, 0) is 31.6 Å². The Bertz CT molecular complexity index is 357. The topological polar surface area (TPSA) is 77.8 Å². The second-order valence-corrected chi connectivity index (χ2v) is 6.02. The van der Waals surface area contributed by atoms with Crippen molar-refractivity contribution in [3.63, 3.8) is 0 Å². The number of likely N-dealkylation sites (tertiary alicyclic amines) is 1. The highest BCUT2D eigenvalue weighted by molar-refractivity contribution is 5.80. The third kappa shape index (κ3) is 3.26. The van der Waals surface area contributed by atoms with Crippen molar-refractivity contribution in [1.82, 2.24) is 4.90 Å². The number of carbonyl (C=O) groups is 2. The third-order valence-corrected chi connectivity index (χ3v) is 4.54. The lowest BCUT2D eigenvalue weighted by Gasteiger charge is -2.37. The maximum Gasteiger partial charge on any atom is 0.306 e. The summed E-state index contributed by atoms with van der Waals surface area (Å²) in [6.45, 7) is 3.14. The first-order valence-corrected chi connectivity index (χ1v) is 7.18. The Kier molecular flexibility index (Phi) is 4.45. The zero-order chi connectivity index (χ0) is 14.0. The molecule has 19 heavy (non-hydrogen) atoms. The van der Waals surface area contributed by atoms with E-state index in [9.17, 15) is 14.7 Å². The van der Waals surface area contributed by atoms with E-state index in [1.54, 1.807) is 0 Å². The van der Waals surface area contributed by atoms with Crippen LogP contribution in [0.5, 0.6) is 0 Å². The summed E-state index contributed by atoms with van der Waals surface area (Å²) in [6, 6.07) is 0. The molecule has 0 aromatic rings. The first-order chi connectivity index (χ1) is 8.99. The van der Waals surface area contributed by atoms with Gasteiger partial charge in [0, 0.05) is 19.0 Å². The lowest BCUT2D eigenvalue weighted by molar-refractivity contribution is -0.146. The molecule has 0 spiro atoms. The number of aliphatic hydroxyl groups excluding tert-OH is 1. The minimum Gasteiger partial charge on any atom is -0.481 e. The number of hydrogen-bond donors (Lipinski definition) is 2. The average molecular weight is 269 g/mol. The normalized spacial score (nSPS) is 36.0. The van der Waals surface area contributed by atoms with Gasteiger partial charge < -0.3 is 15.1 Å². The summed E-state index contributed by atoms with van der Waals surface area (Å²) < 4.78 is 0. The van der Waals surface area contributed by atoms with Crippen LogP contribution in [0.25, 0.3) is 0 Å². The highest BCUT2D eigenvalue weighted by Gasteiger charge is 2.35. The Balaban J connectivity index is 1.94. The fourth-order valence-corrected chi connectivity index (χ4v) is 3.23. The molecule has 1 saturated heterocycles. The molecule has 1 saturated carbocycles. The third-order valence-electron chi connectivity index (χ3n) is 4.54. The number of amides is 1. The van der Waals surface area contributed by atoms with Gasteiger partial charge in [0.25, 0.3) is 0 Å². The van der Waals surface area contributed by atoms with Gasteiger partial charge in [0.1, 0.15) is 0 Å². The van der Waals surface area contributed by atoms with Crippen molar-refractivity contribution in [3.8, 4) is 0 Å². The first kappa shape index (κ1) is 14.3. The van der Waals surface area contributed by atoms with Crippen molar-refractivity contribution in [1.29, 1.82) is 0 Å². The summed E-state index contributed by atoms with van der Waals surface area (Å²) in [4.78, 5) is 25.3. The summed E-state index contributed by atoms with van der Waals surface area (Å²) in [5.74, 6) is -1.09. The molecule has 0 aromatic carbocycles. The second kappa shape index (κ2) is 5.90. The van der Waals surface area contributed by atoms with E-state index in [4.69, 9.17) is 5.11 Å². The summed E-state index contributed by atoms with van der Waals surface area (Å²) in [5.41, 5.74) is 0. The van der Waals surface area contributed by atoms with Crippen LogP contribution in [0.1, 0.15) is 39.0 Å². The van der Waals surface area contributed by atoms with Crippen molar-refractivity contribution >= 4 is 11.9 Å². The number of aliphatic carboxylic acids is 1. The Morgan fingerprint density at radius 3 is 2.47 bits per heavy atom. The summed E-state index contributed by atoms with van der Waals surface area (Å²) in [7, 11) is 0. The van der Waals surface area contributed by atoms with Crippen LogP contribution in [-0.2, 0) is 9.59 Å². The minimum atomic E-state index is -0.778. The molecule has 2 N–H and O–H groups in total.